The zero-order valence-electron chi connectivity index (χ0n) is 14.7. The number of para-hydroxylation sites is 1. The van der Waals surface area contributed by atoms with Gasteiger partial charge in [-0.1, -0.05) is 37.3 Å². The minimum Gasteiger partial charge on any atom is -0.358 e. The molecule has 3 heteroatoms. The molecule has 2 N–H and O–H groups in total. The molecular formula is C21H24N2O. The van der Waals surface area contributed by atoms with Crippen LogP contribution in [0.4, 0.5) is 5.69 Å². The second-order valence-electron chi connectivity index (χ2n) is 6.80. The molecule has 0 aliphatic carbocycles. The molecule has 124 valence electrons. The number of nitrogens with one attached hydrogen (secondary N) is 2. The Morgan fingerprint density at radius 1 is 1.08 bits per heavy atom. The number of hydrogen-bond acceptors (Lipinski definition) is 1. The van der Waals surface area contributed by atoms with Crippen LogP contribution in [0.15, 0.2) is 48.5 Å². The van der Waals surface area contributed by atoms with Crippen molar-refractivity contribution in [1.82, 2.24) is 4.98 Å². The van der Waals surface area contributed by atoms with Crippen LogP contribution in [-0.4, -0.2) is 10.9 Å². The Bertz CT molecular complexity index is 872. The Balaban J connectivity index is 1.93. The first-order chi connectivity index (χ1) is 11.4. The number of aromatic amines is 1. The molecule has 0 radical (unpaired) electrons. The largest absolute Gasteiger partial charge is 0.358 e. The van der Waals surface area contributed by atoms with Gasteiger partial charge in [-0.05, 0) is 56.5 Å². The molecule has 0 bridgehead atoms. The van der Waals surface area contributed by atoms with Crippen molar-refractivity contribution >= 4 is 22.5 Å². The van der Waals surface area contributed by atoms with Crippen LogP contribution in [0.1, 0.15) is 37.6 Å². The van der Waals surface area contributed by atoms with Crippen molar-refractivity contribution < 1.29 is 4.79 Å². The first-order valence-corrected chi connectivity index (χ1v) is 8.41. The Morgan fingerprint density at radius 2 is 1.75 bits per heavy atom. The highest BCUT2D eigenvalue weighted by Crippen LogP contribution is 2.34. The van der Waals surface area contributed by atoms with Crippen molar-refractivity contribution in [2.24, 2.45) is 0 Å². The summed E-state index contributed by atoms with van der Waals surface area (Å²) < 4.78 is 0. The first kappa shape index (κ1) is 16.3. The van der Waals surface area contributed by atoms with Gasteiger partial charge in [0.25, 0.3) is 0 Å². The molecule has 0 aliphatic rings. The van der Waals surface area contributed by atoms with E-state index in [9.17, 15) is 4.79 Å². The molecular weight excluding hydrogens is 296 g/mol. The molecule has 3 rings (SSSR count). The Morgan fingerprint density at radius 3 is 2.42 bits per heavy atom. The molecule has 0 spiro atoms. The van der Waals surface area contributed by atoms with E-state index in [1.807, 2.05) is 51.1 Å². The summed E-state index contributed by atoms with van der Waals surface area (Å²) in [6, 6.07) is 16.2. The zero-order chi connectivity index (χ0) is 17.3. The van der Waals surface area contributed by atoms with E-state index in [1.165, 1.54) is 5.56 Å². The number of hydrogen-bond donors (Lipinski definition) is 2. The molecule has 1 aromatic heterocycles. The highest BCUT2D eigenvalue weighted by atomic mass is 16.2. The smallest absolute Gasteiger partial charge is 0.234 e. The van der Waals surface area contributed by atoms with Crippen LogP contribution in [0.2, 0.25) is 0 Å². The molecule has 0 atom stereocenters. The summed E-state index contributed by atoms with van der Waals surface area (Å²) in [5, 5.41) is 4.17. The minimum atomic E-state index is -0.632. The van der Waals surface area contributed by atoms with E-state index in [1.54, 1.807) is 0 Å². The fourth-order valence-corrected chi connectivity index (χ4v) is 3.31. The standard InChI is InChI=1S/C21H24N2O/c1-5-15-10-12-16(13-11-15)23-20(24)21(3,4)19-14(2)22-18-9-7-6-8-17(18)19/h6-13,22H,5H2,1-4H3,(H,23,24). The van der Waals surface area contributed by atoms with Gasteiger partial charge in [-0.25, -0.2) is 0 Å². The van der Waals surface area contributed by atoms with E-state index in [4.69, 9.17) is 0 Å². The number of anilines is 1. The van der Waals surface area contributed by atoms with Gasteiger partial charge >= 0.3 is 0 Å². The van der Waals surface area contributed by atoms with Crippen LogP contribution < -0.4 is 5.32 Å². The van der Waals surface area contributed by atoms with Gasteiger partial charge in [0.15, 0.2) is 0 Å². The monoisotopic (exact) mass is 320 g/mol. The maximum absolute atomic E-state index is 13.0. The van der Waals surface area contributed by atoms with E-state index in [0.717, 1.165) is 34.3 Å². The number of aryl methyl sites for hydroxylation is 2. The number of amides is 1. The maximum atomic E-state index is 13.0. The lowest BCUT2D eigenvalue weighted by molar-refractivity contribution is -0.120. The SMILES string of the molecule is CCc1ccc(NC(=O)C(C)(C)c2c(C)[nH]c3ccccc23)cc1. The van der Waals surface area contributed by atoms with Crippen molar-refractivity contribution in [3.05, 3.63) is 65.4 Å². The van der Waals surface area contributed by atoms with Gasteiger partial charge in [-0.2, -0.15) is 0 Å². The summed E-state index contributed by atoms with van der Waals surface area (Å²) >= 11 is 0. The van der Waals surface area contributed by atoms with Gasteiger partial charge in [0.2, 0.25) is 5.91 Å². The molecule has 0 unspecified atom stereocenters. The molecule has 0 fully saturated rings. The van der Waals surface area contributed by atoms with E-state index in [-0.39, 0.29) is 5.91 Å². The molecule has 0 aliphatic heterocycles. The number of rotatable bonds is 4. The summed E-state index contributed by atoms with van der Waals surface area (Å²) in [7, 11) is 0. The Kier molecular flexibility index (Phi) is 4.18. The van der Waals surface area contributed by atoms with E-state index in [2.05, 4.69) is 35.4 Å². The van der Waals surface area contributed by atoms with Gasteiger partial charge in [0.05, 0.1) is 5.41 Å². The first-order valence-electron chi connectivity index (χ1n) is 8.41. The lowest BCUT2D eigenvalue weighted by atomic mass is 9.81. The molecule has 3 aromatic rings. The third-order valence-electron chi connectivity index (χ3n) is 4.71. The predicted molar refractivity (Wildman–Crippen MR) is 101 cm³/mol. The van der Waals surface area contributed by atoms with E-state index < -0.39 is 5.41 Å². The summed E-state index contributed by atoms with van der Waals surface area (Å²) in [6.45, 7) is 8.10. The van der Waals surface area contributed by atoms with Gasteiger partial charge in [0, 0.05) is 22.3 Å². The van der Waals surface area contributed by atoms with Crippen LogP contribution in [-0.2, 0) is 16.6 Å². The highest BCUT2D eigenvalue weighted by Gasteiger charge is 2.34. The molecule has 2 aromatic carbocycles. The van der Waals surface area contributed by atoms with Crippen LogP contribution in [0, 0.1) is 6.92 Å². The Labute approximate surface area is 143 Å². The number of aromatic nitrogens is 1. The quantitative estimate of drug-likeness (QED) is 0.701. The van der Waals surface area contributed by atoms with Crippen molar-refractivity contribution in [2.45, 2.75) is 39.5 Å². The number of carbonyl (C=O) groups excluding carboxylic acids is 1. The summed E-state index contributed by atoms with van der Waals surface area (Å²) in [6.07, 6.45) is 0.994. The average Bonchev–Trinajstić information content (AvgIpc) is 2.91. The van der Waals surface area contributed by atoms with Crippen molar-refractivity contribution in [2.75, 3.05) is 5.32 Å². The molecule has 0 saturated carbocycles. The predicted octanol–water partition coefficient (Wildman–Crippen LogP) is 4.96. The third kappa shape index (κ3) is 2.82. The molecule has 1 amide bonds. The Hall–Kier alpha value is -2.55. The van der Waals surface area contributed by atoms with E-state index in [0.29, 0.717) is 0 Å². The highest BCUT2D eigenvalue weighted by molar-refractivity contribution is 6.02. The van der Waals surface area contributed by atoms with Gasteiger partial charge in [-0.3, -0.25) is 4.79 Å². The lowest BCUT2D eigenvalue weighted by Crippen LogP contribution is -2.35. The van der Waals surface area contributed by atoms with Crippen molar-refractivity contribution in [1.29, 1.82) is 0 Å². The fraction of sp³-hybridized carbons (Fsp3) is 0.286. The van der Waals surface area contributed by atoms with Crippen molar-refractivity contribution in [3.8, 4) is 0 Å². The topological polar surface area (TPSA) is 44.9 Å². The van der Waals surface area contributed by atoms with Gasteiger partial charge in [-0.15, -0.1) is 0 Å². The van der Waals surface area contributed by atoms with E-state index >= 15 is 0 Å². The van der Waals surface area contributed by atoms with Crippen LogP contribution in [0.3, 0.4) is 0 Å². The second kappa shape index (κ2) is 6.16. The summed E-state index contributed by atoms with van der Waals surface area (Å²) in [5.74, 6) is -0.000369. The second-order valence-corrected chi connectivity index (χ2v) is 6.80. The molecule has 1 heterocycles. The number of H-pyrrole nitrogens is 1. The number of benzene rings is 2. The summed E-state index contributed by atoms with van der Waals surface area (Å²) in [5.41, 5.74) is 4.63. The van der Waals surface area contributed by atoms with Crippen LogP contribution >= 0.6 is 0 Å². The molecule has 24 heavy (non-hydrogen) atoms. The fourth-order valence-electron chi connectivity index (χ4n) is 3.31. The zero-order valence-corrected chi connectivity index (χ0v) is 14.7. The van der Waals surface area contributed by atoms with Gasteiger partial charge in [0.1, 0.15) is 0 Å². The molecule has 3 nitrogen and oxygen atoms in total. The third-order valence-corrected chi connectivity index (χ3v) is 4.71. The summed E-state index contributed by atoms with van der Waals surface area (Å²) in [4.78, 5) is 16.3. The number of carbonyl (C=O) groups is 1. The normalized spacial score (nSPS) is 11.7. The number of fused-ring (bicyclic) bond motifs is 1. The molecule has 0 saturated heterocycles. The minimum absolute atomic E-state index is 0.000369. The average molecular weight is 320 g/mol. The van der Waals surface area contributed by atoms with Gasteiger partial charge < -0.3 is 10.3 Å². The lowest BCUT2D eigenvalue weighted by Gasteiger charge is -2.25. The maximum Gasteiger partial charge on any atom is 0.234 e. The van der Waals surface area contributed by atoms with Crippen LogP contribution in [0.25, 0.3) is 10.9 Å². The van der Waals surface area contributed by atoms with Crippen molar-refractivity contribution in [3.63, 3.8) is 0 Å². The van der Waals surface area contributed by atoms with Crippen LogP contribution in [0.5, 0.6) is 0 Å².